The van der Waals surface area contributed by atoms with E-state index in [0.29, 0.717) is 11.4 Å². The molecule has 0 bridgehead atoms. The Morgan fingerprint density at radius 2 is 2.27 bits per heavy atom. The van der Waals surface area contributed by atoms with E-state index in [1.165, 1.54) is 6.92 Å². The van der Waals surface area contributed by atoms with Crippen LogP contribution in [-0.2, 0) is 11.2 Å². The van der Waals surface area contributed by atoms with Crippen LogP contribution in [0, 0.1) is 16.7 Å². The van der Waals surface area contributed by atoms with Gasteiger partial charge in [0.25, 0.3) is 0 Å². The zero-order valence-electron chi connectivity index (χ0n) is 8.75. The number of hydrogen-bond acceptors (Lipinski definition) is 2. The molecule has 0 heterocycles. The average Bonchev–Trinajstić information content (AvgIpc) is 2.17. The molecule has 0 aromatic heterocycles. The SMILES string of the molecule is CC(=O)C(C)(C#N)Cc1cccc(Cl)c1. The molecule has 0 aliphatic carbocycles. The first kappa shape index (κ1) is 11.7. The molecule has 15 heavy (non-hydrogen) atoms. The van der Waals surface area contributed by atoms with Gasteiger partial charge in [-0.25, -0.2) is 0 Å². The number of carbonyl (C=O) groups is 1. The van der Waals surface area contributed by atoms with Crippen molar-refractivity contribution in [3.8, 4) is 6.07 Å². The van der Waals surface area contributed by atoms with Crippen molar-refractivity contribution in [2.45, 2.75) is 20.3 Å². The maximum Gasteiger partial charge on any atom is 0.150 e. The second-order valence-corrected chi connectivity index (χ2v) is 4.24. The van der Waals surface area contributed by atoms with Crippen molar-refractivity contribution in [3.05, 3.63) is 34.9 Å². The molecule has 0 radical (unpaired) electrons. The Hall–Kier alpha value is -1.33. The van der Waals surface area contributed by atoms with E-state index < -0.39 is 5.41 Å². The Balaban J connectivity index is 2.95. The van der Waals surface area contributed by atoms with Crippen LogP contribution in [0.25, 0.3) is 0 Å². The lowest BCUT2D eigenvalue weighted by atomic mass is 9.82. The molecule has 1 rings (SSSR count). The monoisotopic (exact) mass is 221 g/mol. The Morgan fingerprint density at radius 1 is 1.60 bits per heavy atom. The highest BCUT2D eigenvalue weighted by molar-refractivity contribution is 6.30. The number of hydrogen-bond donors (Lipinski definition) is 0. The predicted octanol–water partition coefficient (Wildman–Crippen LogP) is 3.00. The van der Waals surface area contributed by atoms with Crippen molar-refractivity contribution in [2.75, 3.05) is 0 Å². The van der Waals surface area contributed by atoms with Crippen molar-refractivity contribution in [1.82, 2.24) is 0 Å². The molecule has 0 aliphatic heterocycles. The molecular formula is C12H12ClNO. The number of carbonyl (C=O) groups excluding carboxylic acids is 1. The van der Waals surface area contributed by atoms with Gasteiger partial charge in [0.15, 0.2) is 0 Å². The van der Waals surface area contributed by atoms with Gasteiger partial charge in [-0.1, -0.05) is 23.7 Å². The van der Waals surface area contributed by atoms with Gasteiger partial charge >= 0.3 is 0 Å². The molecule has 0 fully saturated rings. The maximum atomic E-state index is 11.3. The van der Waals surface area contributed by atoms with Gasteiger partial charge in [0.1, 0.15) is 11.2 Å². The Bertz CT molecular complexity index is 422. The first-order valence-electron chi connectivity index (χ1n) is 4.65. The van der Waals surface area contributed by atoms with Crippen molar-refractivity contribution < 1.29 is 4.79 Å². The van der Waals surface area contributed by atoms with Gasteiger partial charge in [-0.3, -0.25) is 4.79 Å². The molecule has 0 aliphatic rings. The molecule has 0 saturated carbocycles. The van der Waals surface area contributed by atoms with Crippen molar-refractivity contribution in [3.63, 3.8) is 0 Å². The van der Waals surface area contributed by atoms with Crippen molar-refractivity contribution >= 4 is 17.4 Å². The summed E-state index contributed by atoms with van der Waals surface area (Å²) >= 11 is 5.83. The molecule has 2 nitrogen and oxygen atoms in total. The van der Waals surface area contributed by atoms with Crippen LogP contribution >= 0.6 is 11.6 Å². The number of rotatable bonds is 3. The Labute approximate surface area is 94.5 Å². The standard InChI is InChI=1S/C12H12ClNO/c1-9(15)12(2,8-14)7-10-4-3-5-11(13)6-10/h3-6H,7H2,1-2H3. The molecule has 78 valence electrons. The van der Waals surface area contributed by atoms with E-state index in [1.807, 2.05) is 12.1 Å². The lowest BCUT2D eigenvalue weighted by Crippen LogP contribution is -2.26. The zero-order chi connectivity index (χ0) is 11.5. The lowest BCUT2D eigenvalue weighted by molar-refractivity contribution is -0.123. The smallest absolute Gasteiger partial charge is 0.150 e. The number of ketones is 1. The van der Waals surface area contributed by atoms with Crippen molar-refractivity contribution in [2.24, 2.45) is 5.41 Å². The van der Waals surface area contributed by atoms with Crippen LogP contribution in [-0.4, -0.2) is 5.78 Å². The van der Waals surface area contributed by atoms with Crippen LogP contribution in [0.15, 0.2) is 24.3 Å². The predicted molar refractivity (Wildman–Crippen MR) is 59.6 cm³/mol. The van der Waals surface area contributed by atoms with Gasteiger partial charge in [-0.05, 0) is 38.0 Å². The van der Waals surface area contributed by atoms with E-state index in [1.54, 1.807) is 19.1 Å². The van der Waals surface area contributed by atoms with Crippen LogP contribution in [0.1, 0.15) is 19.4 Å². The third-order valence-corrected chi connectivity index (χ3v) is 2.71. The Morgan fingerprint density at radius 3 is 2.73 bits per heavy atom. The first-order chi connectivity index (χ1) is 6.98. The van der Waals surface area contributed by atoms with Gasteiger partial charge in [0.2, 0.25) is 0 Å². The fourth-order valence-corrected chi connectivity index (χ4v) is 1.51. The van der Waals surface area contributed by atoms with Crippen LogP contribution in [0.2, 0.25) is 5.02 Å². The molecule has 0 amide bonds. The fourth-order valence-electron chi connectivity index (χ4n) is 1.30. The lowest BCUT2D eigenvalue weighted by Gasteiger charge is -2.17. The molecule has 1 atom stereocenters. The highest BCUT2D eigenvalue weighted by Gasteiger charge is 2.29. The summed E-state index contributed by atoms with van der Waals surface area (Å²) in [6, 6.07) is 9.28. The van der Waals surface area contributed by atoms with E-state index in [4.69, 9.17) is 16.9 Å². The van der Waals surface area contributed by atoms with E-state index in [-0.39, 0.29) is 5.78 Å². The minimum Gasteiger partial charge on any atom is -0.298 e. The van der Waals surface area contributed by atoms with Crippen LogP contribution < -0.4 is 0 Å². The highest BCUT2D eigenvalue weighted by Crippen LogP contribution is 2.24. The Kier molecular flexibility index (Phi) is 3.49. The molecule has 0 spiro atoms. The van der Waals surface area contributed by atoms with E-state index in [9.17, 15) is 4.79 Å². The minimum atomic E-state index is -0.954. The zero-order valence-corrected chi connectivity index (χ0v) is 9.51. The molecule has 1 unspecified atom stereocenters. The average molecular weight is 222 g/mol. The largest absolute Gasteiger partial charge is 0.298 e. The van der Waals surface area contributed by atoms with Crippen molar-refractivity contribution in [1.29, 1.82) is 5.26 Å². The summed E-state index contributed by atoms with van der Waals surface area (Å²) in [7, 11) is 0. The molecule has 0 saturated heterocycles. The minimum absolute atomic E-state index is 0.120. The van der Waals surface area contributed by atoms with Crippen LogP contribution in [0.5, 0.6) is 0 Å². The summed E-state index contributed by atoms with van der Waals surface area (Å²) in [6.45, 7) is 3.09. The molecule has 1 aromatic rings. The van der Waals surface area contributed by atoms with Gasteiger partial charge in [-0.15, -0.1) is 0 Å². The van der Waals surface area contributed by atoms with E-state index in [2.05, 4.69) is 6.07 Å². The molecule has 3 heteroatoms. The van der Waals surface area contributed by atoms with Gasteiger partial charge < -0.3 is 0 Å². The fraction of sp³-hybridized carbons (Fsp3) is 0.333. The normalized spacial score (nSPS) is 14.0. The first-order valence-corrected chi connectivity index (χ1v) is 5.02. The number of halogens is 1. The topological polar surface area (TPSA) is 40.9 Å². The van der Waals surface area contributed by atoms with E-state index in [0.717, 1.165) is 5.56 Å². The summed E-state index contributed by atoms with van der Waals surface area (Å²) in [5.41, 5.74) is -0.0493. The quantitative estimate of drug-likeness (QED) is 0.787. The summed E-state index contributed by atoms with van der Waals surface area (Å²) in [5.74, 6) is -0.120. The molecule has 0 N–H and O–H groups in total. The summed E-state index contributed by atoms with van der Waals surface area (Å²) in [4.78, 5) is 11.3. The second kappa shape index (κ2) is 4.46. The van der Waals surface area contributed by atoms with Gasteiger partial charge in [0, 0.05) is 5.02 Å². The molecule has 1 aromatic carbocycles. The summed E-state index contributed by atoms with van der Waals surface area (Å²) in [5, 5.41) is 9.60. The van der Waals surface area contributed by atoms with Gasteiger partial charge in [-0.2, -0.15) is 5.26 Å². The third kappa shape index (κ3) is 2.81. The maximum absolute atomic E-state index is 11.3. The van der Waals surface area contributed by atoms with E-state index >= 15 is 0 Å². The molecular weight excluding hydrogens is 210 g/mol. The number of nitriles is 1. The highest BCUT2D eigenvalue weighted by atomic mass is 35.5. The summed E-state index contributed by atoms with van der Waals surface area (Å²) < 4.78 is 0. The number of benzene rings is 1. The number of Topliss-reactive ketones (excluding diaryl/α,β-unsaturated/α-hetero) is 1. The van der Waals surface area contributed by atoms with Gasteiger partial charge in [0.05, 0.1) is 6.07 Å². The number of nitrogens with zero attached hydrogens (tertiary/aromatic N) is 1. The summed E-state index contributed by atoms with van der Waals surface area (Å²) in [6.07, 6.45) is 0.402. The van der Waals surface area contributed by atoms with Crippen LogP contribution in [0.3, 0.4) is 0 Å². The van der Waals surface area contributed by atoms with Crippen LogP contribution in [0.4, 0.5) is 0 Å². The second-order valence-electron chi connectivity index (χ2n) is 3.81. The third-order valence-electron chi connectivity index (χ3n) is 2.47.